The van der Waals surface area contributed by atoms with Gasteiger partial charge in [-0.3, -0.25) is 0 Å². The molecule has 6 heteroatoms. The summed E-state index contributed by atoms with van der Waals surface area (Å²) in [6, 6.07) is 10.9. The molecule has 0 aliphatic carbocycles. The van der Waals surface area contributed by atoms with Crippen molar-refractivity contribution in [2.75, 3.05) is 5.73 Å². The van der Waals surface area contributed by atoms with E-state index in [4.69, 9.17) is 10.5 Å². The van der Waals surface area contributed by atoms with E-state index in [1.165, 1.54) is 11.8 Å². The van der Waals surface area contributed by atoms with Gasteiger partial charge in [-0.2, -0.15) is 0 Å². The van der Waals surface area contributed by atoms with Crippen molar-refractivity contribution in [2.45, 2.75) is 69.8 Å². The lowest BCUT2D eigenvalue weighted by molar-refractivity contribution is -0.156. The molecule has 31 heavy (non-hydrogen) atoms. The van der Waals surface area contributed by atoms with Crippen molar-refractivity contribution >= 4 is 23.4 Å². The largest absolute Gasteiger partial charge is 0.511 e. The van der Waals surface area contributed by atoms with Gasteiger partial charge < -0.3 is 20.7 Å². The minimum atomic E-state index is -0.785. The van der Waals surface area contributed by atoms with Gasteiger partial charge in [0.25, 0.3) is 0 Å². The van der Waals surface area contributed by atoms with E-state index in [0.717, 1.165) is 21.6 Å². The van der Waals surface area contributed by atoms with Crippen LogP contribution in [-0.2, 0) is 21.4 Å². The van der Waals surface area contributed by atoms with E-state index in [9.17, 15) is 15.0 Å². The number of nitrogen functional groups attached to an aromatic ring is 1. The van der Waals surface area contributed by atoms with E-state index in [0.29, 0.717) is 18.5 Å². The number of rotatable bonds is 5. The third-order valence-electron chi connectivity index (χ3n) is 5.60. The molecule has 1 aliphatic rings. The lowest BCUT2D eigenvalue weighted by Gasteiger charge is -2.34. The van der Waals surface area contributed by atoms with Crippen molar-refractivity contribution in [2.24, 2.45) is 0 Å². The number of thioether (sulfide) groups is 1. The fourth-order valence-corrected chi connectivity index (χ4v) is 4.89. The molecule has 1 heterocycles. The first kappa shape index (κ1) is 23.1. The van der Waals surface area contributed by atoms with Crippen LogP contribution in [0, 0.1) is 6.92 Å². The summed E-state index contributed by atoms with van der Waals surface area (Å²) >= 11 is 1.25. The summed E-state index contributed by atoms with van der Waals surface area (Å²) in [4.78, 5) is 14.0. The number of aryl methyl sites for hydroxylation is 2. The van der Waals surface area contributed by atoms with Crippen molar-refractivity contribution in [1.29, 1.82) is 0 Å². The maximum atomic E-state index is 12.9. The molecule has 0 saturated heterocycles. The molecule has 0 saturated carbocycles. The van der Waals surface area contributed by atoms with Crippen LogP contribution in [0.2, 0.25) is 0 Å². The zero-order chi connectivity index (χ0) is 23.0. The smallest absolute Gasteiger partial charge is 0.348 e. The van der Waals surface area contributed by atoms with Crippen LogP contribution in [0.1, 0.15) is 57.2 Å². The van der Waals surface area contributed by atoms with E-state index in [2.05, 4.69) is 20.8 Å². The van der Waals surface area contributed by atoms with Gasteiger partial charge in [0.15, 0.2) is 0 Å². The first-order valence-corrected chi connectivity index (χ1v) is 11.2. The Morgan fingerprint density at radius 3 is 2.39 bits per heavy atom. The zero-order valence-electron chi connectivity index (χ0n) is 18.8. The summed E-state index contributed by atoms with van der Waals surface area (Å²) < 4.78 is 5.80. The van der Waals surface area contributed by atoms with E-state index < -0.39 is 11.6 Å². The van der Waals surface area contributed by atoms with Gasteiger partial charge in [0.2, 0.25) is 0 Å². The Morgan fingerprint density at radius 2 is 1.81 bits per heavy atom. The molecule has 1 atom stereocenters. The highest BCUT2D eigenvalue weighted by Crippen LogP contribution is 2.43. The number of aromatic hydroxyl groups is 1. The summed E-state index contributed by atoms with van der Waals surface area (Å²) in [6.45, 7) is 10.1. The molecule has 4 N–H and O–H groups in total. The quantitative estimate of drug-likeness (QED) is 0.402. The molecule has 166 valence electrons. The molecule has 3 rings (SSSR count). The minimum Gasteiger partial charge on any atom is -0.511 e. The maximum absolute atomic E-state index is 12.9. The Balaban J connectivity index is 1.82. The number of benzene rings is 2. The fourth-order valence-electron chi connectivity index (χ4n) is 3.65. The van der Waals surface area contributed by atoms with E-state index in [1.807, 2.05) is 38.1 Å². The molecule has 0 fully saturated rings. The Hall–Kier alpha value is -2.60. The highest BCUT2D eigenvalue weighted by Gasteiger charge is 2.39. The number of aliphatic hydroxyl groups is 1. The third-order valence-corrected chi connectivity index (χ3v) is 6.76. The number of phenols is 1. The standard InChI is InChI=1S/C25H31NO4S/c1-15-12-21(18(13-19(15)26)24(2,3)4)31-22-20(28)14-25(5,30-23(22)29)11-10-16-6-8-17(27)9-7-16/h6-9,12-13,27-28H,10-11,14,26H2,1-5H3/t25-/m1/s1. The van der Waals surface area contributed by atoms with Gasteiger partial charge in [-0.25, -0.2) is 4.79 Å². The van der Waals surface area contributed by atoms with E-state index >= 15 is 0 Å². The highest BCUT2D eigenvalue weighted by atomic mass is 32.2. The van der Waals surface area contributed by atoms with Gasteiger partial charge in [-0.1, -0.05) is 44.7 Å². The van der Waals surface area contributed by atoms with Gasteiger partial charge in [-0.05, 0) is 73.1 Å². The van der Waals surface area contributed by atoms with Gasteiger partial charge in [0, 0.05) is 17.0 Å². The van der Waals surface area contributed by atoms with Crippen LogP contribution in [0.3, 0.4) is 0 Å². The minimum absolute atomic E-state index is 0.0591. The number of carbonyl (C=O) groups is 1. The number of nitrogens with two attached hydrogens (primary N) is 1. The van der Waals surface area contributed by atoms with Gasteiger partial charge >= 0.3 is 5.97 Å². The average Bonchev–Trinajstić information content (AvgIpc) is 2.66. The maximum Gasteiger partial charge on any atom is 0.348 e. The number of hydrogen-bond donors (Lipinski definition) is 3. The molecule has 2 aromatic rings. The molecule has 0 bridgehead atoms. The molecular formula is C25H31NO4S. The van der Waals surface area contributed by atoms with Crippen molar-refractivity contribution in [1.82, 2.24) is 0 Å². The Labute approximate surface area is 188 Å². The Morgan fingerprint density at radius 1 is 1.16 bits per heavy atom. The topological polar surface area (TPSA) is 92.8 Å². The predicted octanol–water partition coefficient (Wildman–Crippen LogP) is 5.78. The number of esters is 1. The molecule has 0 unspecified atom stereocenters. The second-order valence-electron chi connectivity index (χ2n) is 9.52. The van der Waals surface area contributed by atoms with Crippen LogP contribution in [0.25, 0.3) is 0 Å². The molecule has 2 aromatic carbocycles. The van der Waals surface area contributed by atoms with E-state index in [1.54, 1.807) is 12.1 Å². The van der Waals surface area contributed by atoms with Gasteiger partial charge in [0.1, 0.15) is 22.0 Å². The average molecular weight is 442 g/mol. The van der Waals surface area contributed by atoms with Gasteiger partial charge in [0.05, 0.1) is 0 Å². The van der Waals surface area contributed by atoms with Crippen molar-refractivity contribution < 1.29 is 19.7 Å². The molecular weight excluding hydrogens is 410 g/mol. The Bertz CT molecular complexity index is 1020. The second kappa shape index (κ2) is 8.50. The molecule has 0 spiro atoms. The second-order valence-corrected chi connectivity index (χ2v) is 10.6. The van der Waals surface area contributed by atoms with E-state index in [-0.39, 0.29) is 28.2 Å². The van der Waals surface area contributed by atoms with Crippen LogP contribution in [0.4, 0.5) is 5.69 Å². The molecule has 1 aliphatic heterocycles. The normalized spacial score (nSPS) is 19.5. The number of ether oxygens (including phenoxy) is 1. The van der Waals surface area contributed by atoms with Crippen LogP contribution in [0.5, 0.6) is 5.75 Å². The van der Waals surface area contributed by atoms with Crippen LogP contribution < -0.4 is 5.73 Å². The number of anilines is 1. The monoisotopic (exact) mass is 441 g/mol. The zero-order valence-corrected chi connectivity index (χ0v) is 19.6. The van der Waals surface area contributed by atoms with Crippen molar-refractivity contribution in [3.63, 3.8) is 0 Å². The first-order chi connectivity index (χ1) is 14.4. The lowest BCUT2D eigenvalue weighted by atomic mass is 9.86. The molecule has 0 amide bonds. The van der Waals surface area contributed by atoms with Crippen LogP contribution >= 0.6 is 11.8 Å². The summed E-state index contributed by atoms with van der Waals surface area (Å²) in [5, 5.41) is 20.2. The lowest BCUT2D eigenvalue weighted by Crippen LogP contribution is -2.37. The number of carbonyl (C=O) groups excluding carboxylic acids is 1. The van der Waals surface area contributed by atoms with Crippen LogP contribution in [-0.4, -0.2) is 21.8 Å². The summed E-state index contributed by atoms with van der Waals surface area (Å²) in [5.41, 5.74) is 8.86. The number of hydrogen-bond acceptors (Lipinski definition) is 6. The predicted molar refractivity (Wildman–Crippen MR) is 125 cm³/mol. The fraction of sp³-hybridized carbons (Fsp3) is 0.400. The molecule has 0 radical (unpaired) electrons. The van der Waals surface area contributed by atoms with Crippen LogP contribution in [0.15, 0.2) is 52.0 Å². The first-order valence-electron chi connectivity index (χ1n) is 10.4. The van der Waals surface area contributed by atoms with Crippen molar-refractivity contribution in [3.05, 3.63) is 63.8 Å². The summed E-state index contributed by atoms with van der Waals surface area (Å²) in [7, 11) is 0. The number of cyclic esters (lactones) is 1. The molecule has 5 nitrogen and oxygen atoms in total. The molecule has 0 aromatic heterocycles. The number of phenolic OH excluding ortho intramolecular Hbond substituents is 1. The third kappa shape index (κ3) is 5.37. The number of aliphatic hydroxyl groups excluding tert-OH is 1. The SMILES string of the molecule is Cc1cc(SC2=C(O)C[C@@](C)(CCc3ccc(O)cc3)OC2=O)c(C(C)(C)C)cc1N. The Kier molecular flexibility index (Phi) is 6.33. The summed E-state index contributed by atoms with van der Waals surface area (Å²) in [5.74, 6) is -0.228. The summed E-state index contributed by atoms with van der Waals surface area (Å²) in [6.07, 6.45) is 1.50. The van der Waals surface area contributed by atoms with Gasteiger partial charge in [-0.15, -0.1) is 0 Å². The highest BCUT2D eigenvalue weighted by molar-refractivity contribution is 8.04. The van der Waals surface area contributed by atoms with Crippen molar-refractivity contribution in [3.8, 4) is 5.75 Å².